The number of rotatable bonds is 17. The summed E-state index contributed by atoms with van der Waals surface area (Å²) in [6.07, 6.45) is 12.0. The minimum absolute atomic E-state index is 0.359. The number of hydrogen-bond acceptors (Lipinski definition) is 4. The van der Waals surface area contributed by atoms with E-state index in [4.69, 9.17) is 10.3 Å². The molecule has 0 aliphatic rings. The summed E-state index contributed by atoms with van der Waals surface area (Å²) in [7, 11) is 0. The predicted molar refractivity (Wildman–Crippen MR) is 90.7 cm³/mol. The Morgan fingerprint density at radius 3 is 2.32 bits per heavy atom. The summed E-state index contributed by atoms with van der Waals surface area (Å²) in [4.78, 5) is 2.64. The molecular weight excluding hydrogens is 280 g/mol. The first-order valence-corrected chi connectivity index (χ1v) is 8.81. The van der Waals surface area contributed by atoms with Gasteiger partial charge in [0.05, 0.1) is 13.2 Å². The zero-order valence-corrected chi connectivity index (χ0v) is 14.2. The van der Waals surface area contributed by atoms with Crippen LogP contribution in [0.2, 0.25) is 0 Å². The Morgan fingerprint density at radius 1 is 1.05 bits per heavy atom. The van der Waals surface area contributed by atoms with E-state index in [1.807, 2.05) is 0 Å². The molecule has 2 N–H and O–H groups in total. The van der Waals surface area contributed by atoms with Gasteiger partial charge in [-0.2, -0.15) is 0 Å². The van der Waals surface area contributed by atoms with Crippen molar-refractivity contribution in [2.75, 3.05) is 26.3 Å². The largest absolute Gasteiger partial charge is 0.380 e. The molecule has 22 heavy (non-hydrogen) atoms. The number of hydrogen-bond donors (Lipinski definition) is 2. The highest BCUT2D eigenvalue weighted by atomic mass is 16.5. The Bertz CT molecular complexity index is 271. The zero-order valence-electron chi connectivity index (χ0n) is 14.2. The average Bonchev–Trinajstić information content (AvgIpc) is 2.52. The first-order valence-electron chi connectivity index (χ1n) is 8.81. The summed E-state index contributed by atoms with van der Waals surface area (Å²) in [6, 6.07) is 0. The van der Waals surface area contributed by atoms with E-state index in [-0.39, 0.29) is 0 Å². The van der Waals surface area contributed by atoms with E-state index in [2.05, 4.69) is 22.3 Å². The fourth-order valence-corrected chi connectivity index (χ4v) is 2.30. The van der Waals surface area contributed by atoms with Crippen molar-refractivity contribution in [3.8, 4) is 0 Å². The zero-order chi connectivity index (χ0) is 16.3. The van der Waals surface area contributed by atoms with Gasteiger partial charge in [-0.1, -0.05) is 63.4 Å². The number of nitrogens with zero attached hydrogens (tertiary/aromatic N) is 3. The highest BCUT2D eigenvalue weighted by Crippen LogP contribution is 2.10. The second-order valence-corrected chi connectivity index (χ2v) is 5.65. The molecule has 130 valence electrons. The molecule has 0 spiro atoms. The summed E-state index contributed by atoms with van der Waals surface area (Å²) in [5.74, 6) is 0. The van der Waals surface area contributed by atoms with Crippen molar-refractivity contribution in [1.29, 1.82) is 0 Å². The van der Waals surface area contributed by atoms with Gasteiger partial charge < -0.3 is 9.84 Å². The van der Waals surface area contributed by atoms with Gasteiger partial charge in [-0.3, -0.25) is 5.32 Å². The topological polar surface area (TPSA) is 90.2 Å². The number of aliphatic hydroxyl groups is 1. The lowest BCUT2D eigenvalue weighted by Gasteiger charge is -2.12. The molecule has 0 aromatic rings. The Kier molecular flexibility index (Phi) is 17.6. The average molecular weight is 314 g/mol. The number of aliphatic hydroxyl groups excluding tert-OH is 1. The molecular formula is C16H34N4O2. The summed E-state index contributed by atoms with van der Waals surface area (Å²) in [6.45, 7) is 4.18. The van der Waals surface area contributed by atoms with Crippen molar-refractivity contribution in [1.82, 2.24) is 5.32 Å². The molecule has 0 heterocycles. The third-order valence-electron chi connectivity index (χ3n) is 3.61. The van der Waals surface area contributed by atoms with Gasteiger partial charge in [0, 0.05) is 18.0 Å². The van der Waals surface area contributed by atoms with Gasteiger partial charge in [0.15, 0.2) is 0 Å². The first-order chi connectivity index (χ1) is 10.8. The maximum absolute atomic E-state index is 9.76. The number of nitrogens with one attached hydrogen (secondary N) is 1. The van der Waals surface area contributed by atoms with Crippen LogP contribution in [0, 0.1) is 0 Å². The maximum Gasteiger partial charge on any atom is 0.104 e. The minimum atomic E-state index is -0.440. The maximum atomic E-state index is 9.76. The van der Waals surface area contributed by atoms with E-state index >= 15 is 0 Å². The molecule has 0 aliphatic heterocycles. The van der Waals surface area contributed by atoms with Crippen LogP contribution in [-0.2, 0) is 4.74 Å². The number of ether oxygens (including phenoxy) is 1. The van der Waals surface area contributed by atoms with Gasteiger partial charge in [-0.05, 0) is 18.4 Å². The Balaban J connectivity index is 3.15. The van der Waals surface area contributed by atoms with Crippen LogP contribution in [0.5, 0.6) is 0 Å². The van der Waals surface area contributed by atoms with E-state index in [9.17, 15) is 5.11 Å². The highest BCUT2D eigenvalue weighted by Gasteiger charge is 2.02. The van der Waals surface area contributed by atoms with Gasteiger partial charge in [0.1, 0.15) is 6.23 Å². The van der Waals surface area contributed by atoms with Crippen molar-refractivity contribution in [3.63, 3.8) is 0 Å². The van der Waals surface area contributed by atoms with Crippen LogP contribution in [0.4, 0.5) is 0 Å². The van der Waals surface area contributed by atoms with Crippen LogP contribution in [-0.4, -0.2) is 37.6 Å². The van der Waals surface area contributed by atoms with Crippen LogP contribution in [0.1, 0.15) is 71.1 Å². The van der Waals surface area contributed by atoms with Crippen LogP contribution in [0.25, 0.3) is 10.4 Å². The molecule has 0 saturated heterocycles. The molecule has 0 aromatic heterocycles. The van der Waals surface area contributed by atoms with E-state index in [1.54, 1.807) is 0 Å². The van der Waals surface area contributed by atoms with Crippen molar-refractivity contribution < 1.29 is 9.84 Å². The van der Waals surface area contributed by atoms with Gasteiger partial charge in [0.2, 0.25) is 0 Å². The van der Waals surface area contributed by atoms with Crippen molar-refractivity contribution >= 4 is 0 Å². The molecule has 0 bridgehead atoms. The predicted octanol–water partition coefficient (Wildman–Crippen LogP) is 4.14. The number of azide groups is 1. The molecule has 6 heteroatoms. The van der Waals surface area contributed by atoms with Gasteiger partial charge >= 0.3 is 0 Å². The number of unbranched alkanes of at least 4 members (excludes halogenated alkanes) is 8. The summed E-state index contributed by atoms with van der Waals surface area (Å²) in [5, 5.41) is 16.2. The fraction of sp³-hybridized carbons (Fsp3) is 1.00. The molecule has 6 nitrogen and oxygen atoms in total. The molecule has 0 aromatic carbocycles. The third kappa shape index (κ3) is 17.2. The molecule has 0 amide bonds. The summed E-state index contributed by atoms with van der Waals surface area (Å²) < 4.78 is 5.25. The normalized spacial score (nSPS) is 12.1. The van der Waals surface area contributed by atoms with E-state index in [1.165, 1.54) is 51.4 Å². The van der Waals surface area contributed by atoms with Crippen LogP contribution < -0.4 is 5.32 Å². The molecule has 0 saturated carbocycles. The van der Waals surface area contributed by atoms with Crippen LogP contribution in [0.15, 0.2) is 5.11 Å². The molecule has 1 unspecified atom stereocenters. The lowest BCUT2D eigenvalue weighted by Crippen LogP contribution is -2.31. The van der Waals surface area contributed by atoms with E-state index in [0.29, 0.717) is 26.3 Å². The minimum Gasteiger partial charge on any atom is -0.380 e. The SMILES string of the molecule is CCCCCCCCCCCC(O)NCCOCCN=[N+]=[N-]. The lowest BCUT2D eigenvalue weighted by atomic mass is 10.1. The molecule has 1 atom stereocenters. The molecule has 0 rings (SSSR count). The monoisotopic (exact) mass is 314 g/mol. The third-order valence-corrected chi connectivity index (χ3v) is 3.61. The lowest BCUT2D eigenvalue weighted by molar-refractivity contribution is 0.0951. The van der Waals surface area contributed by atoms with Crippen LogP contribution in [0.3, 0.4) is 0 Å². The van der Waals surface area contributed by atoms with E-state index in [0.717, 1.165) is 12.8 Å². The molecule has 0 radical (unpaired) electrons. The van der Waals surface area contributed by atoms with Crippen LogP contribution >= 0.6 is 0 Å². The van der Waals surface area contributed by atoms with Crippen molar-refractivity contribution in [3.05, 3.63) is 10.4 Å². The standard InChI is InChI=1S/C16H34N4O2/c1-2-3-4-5-6-7-8-9-10-11-16(21)18-12-14-22-15-13-19-20-17/h16,18,21H,2-15H2,1H3. The second-order valence-electron chi connectivity index (χ2n) is 5.65. The Hall–Kier alpha value is -0.810. The highest BCUT2D eigenvalue weighted by molar-refractivity contribution is 4.55. The van der Waals surface area contributed by atoms with E-state index < -0.39 is 6.23 Å². The Labute approximate surface area is 135 Å². The first kappa shape index (κ1) is 21.2. The van der Waals surface area contributed by atoms with Gasteiger partial charge in [0.25, 0.3) is 0 Å². The Morgan fingerprint density at radius 2 is 1.68 bits per heavy atom. The smallest absolute Gasteiger partial charge is 0.104 e. The summed E-state index contributed by atoms with van der Waals surface area (Å²) in [5.41, 5.74) is 8.08. The van der Waals surface area contributed by atoms with Crippen molar-refractivity contribution in [2.45, 2.75) is 77.4 Å². The van der Waals surface area contributed by atoms with Crippen molar-refractivity contribution in [2.24, 2.45) is 5.11 Å². The van der Waals surface area contributed by atoms with Gasteiger partial charge in [-0.15, -0.1) is 0 Å². The van der Waals surface area contributed by atoms with Gasteiger partial charge in [-0.25, -0.2) is 0 Å². The fourth-order valence-electron chi connectivity index (χ4n) is 2.30. The molecule has 0 fully saturated rings. The molecule has 0 aliphatic carbocycles. The quantitative estimate of drug-likeness (QED) is 0.139. The summed E-state index contributed by atoms with van der Waals surface area (Å²) >= 11 is 0. The second kappa shape index (κ2) is 18.2.